The summed E-state index contributed by atoms with van der Waals surface area (Å²) in [5.74, 6) is 1.42. The standard InChI is InChI=1S/C17H16N2O3/c18-15-16(12-6-7-13-14(8-12)22-10-21-13)19(17(15)20)9-11-4-2-1-3-5-11/h1-8,15-16H,9-10,18H2/t15-,16+/m0/s1. The van der Waals surface area contributed by atoms with Crippen LogP contribution in [0, 0.1) is 0 Å². The molecule has 5 nitrogen and oxygen atoms in total. The Kier molecular flexibility index (Phi) is 3.01. The van der Waals surface area contributed by atoms with E-state index in [4.69, 9.17) is 15.2 Å². The number of ether oxygens (including phenoxy) is 2. The lowest BCUT2D eigenvalue weighted by Crippen LogP contribution is -2.62. The fraction of sp³-hybridized carbons (Fsp3) is 0.235. The van der Waals surface area contributed by atoms with Crippen LogP contribution in [0.5, 0.6) is 11.5 Å². The number of benzene rings is 2. The lowest BCUT2D eigenvalue weighted by Gasteiger charge is -2.45. The summed E-state index contributed by atoms with van der Waals surface area (Å²) in [5, 5.41) is 0. The number of β-lactam (4-membered cyclic amide) rings is 1. The van der Waals surface area contributed by atoms with Crippen LogP contribution in [0.25, 0.3) is 0 Å². The average Bonchev–Trinajstić information content (AvgIpc) is 3.02. The number of rotatable bonds is 3. The Labute approximate surface area is 128 Å². The molecular weight excluding hydrogens is 280 g/mol. The van der Waals surface area contributed by atoms with Crippen LogP contribution in [-0.2, 0) is 11.3 Å². The van der Waals surface area contributed by atoms with Gasteiger partial charge in [0.25, 0.3) is 0 Å². The molecule has 0 saturated carbocycles. The Morgan fingerprint density at radius 1 is 1.09 bits per heavy atom. The summed E-state index contributed by atoms with van der Waals surface area (Å²) >= 11 is 0. The fourth-order valence-electron chi connectivity index (χ4n) is 3.02. The number of hydrogen-bond donors (Lipinski definition) is 1. The predicted octanol–water partition coefficient (Wildman–Crippen LogP) is 1.83. The quantitative estimate of drug-likeness (QED) is 0.878. The van der Waals surface area contributed by atoms with Gasteiger partial charge in [-0.05, 0) is 23.3 Å². The number of likely N-dealkylation sites (tertiary alicyclic amines) is 1. The van der Waals surface area contributed by atoms with Crippen LogP contribution in [0.3, 0.4) is 0 Å². The Balaban J connectivity index is 1.61. The average molecular weight is 296 g/mol. The molecule has 0 aromatic heterocycles. The van der Waals surface area contributed by atoms with Crippen molar-refractivity contribution in [1.82, 2.24) is 4.90 Å². The van der Waals surface area contributed by atoms with Gasteiger partial charge in [0.15, 0.2) is 11.5 Å². The first-order chi connectivity index (χ1) is 10.7. The highest BCUT2D eigenvalue weighted by molar-refractivity contribution is 5.89. The minimum atomic E-state index is -0.496. The van der Waals surface area contributed by atoms with Crippen LogP contribution >= 0.6 is 0 Å². The first-order valence-electron chi connectivity index (χ1n) is 7.23. The molecule has 5 heteroatoms. The second-order valence-corrected chi connectivity index (χ2v) is 5.54. The lowest BCUT2D eigenvalue weighted by molar-refractivity contribution is -0.150. The number of nitrogens with two attached hydrogens (primary N) is 1. The fourth-order valence-corrected chi connectivity index (χ4v) is 3.02. The summed E-state index contributed by atoms with van der Waals surface area (Å²) in [6, 6.07) is 15.0. The van der Waals surface area contributed by atoms with Crippen LogP contribution < -0.4 is 15.2 Å². The van der Waals surface area contributed by atoms with Crippen molar-refractivity contribution in [3.8, 4) is 11.5 Å². The van der Waals surface area contributed by atoms with E-state index in [2.05, 4.69) is 0 Å². The number of amides is 1. The van der Waals surface area contributed by atoms with E-state index in [9.17, 15) is 4.79 Å². The first kappa shape index (κ1) is 13.2. The second kappa shape index (κ2) is 5.03. The normalized spacial score (nSPS) is 22.6. The minimum Gasteiger partial charge on any atom is -0.454 e. The maximum absolute atomic E-state index is 12.1. The molecule has 0 aliphatic carbocycles. The molecule has 22 heavy (non-hydrogen) atoms. The minimum absolute atomic E-state index is 0.0217. The third-order valence-electron chi connectivity index (χ3n) is 4.18. The largest absolute Gasteiger partial charge is 0.454 e. The molecule has 2 atom stereocenters. The van der Waals surface area contributed by atoms with Crippen LogP contribution in [-0.4, -0.2) is 23.6 Å². The zero-order chi connectivity index (χ0) is 15.1. The summed E-state index contributed by atoms with van der Waals surface area (Å²) in [5.41, 5.74) is 8.09. The van der Waals surface area contributed by atoms with E-state index in [1.807, 2.05) is 48.5 Å². The number of carbonyl (C=O) groups excluding carboxylic acids is 1. The van der Waals surface area contributed by atoms with Crippen molar-refractivity contribution in [2.24, 2.45) is 5.73 Å². The second-order valence-electron chi connectivity index (χ2n) is 5.54. The van der Waals surface area contributed by atoms with E-state index in [-0.39, 0.29) is 18.7 Å². The third kappa shape index (κ3) is 2.02. The predicted molar refractivity (Wildman–Crippen MR) is 80.3 cm³/mol. The van der Waals surface area contributed by atoms with Crippen molar-refractivity contribution >= 4 is 5.91 Å². The van der Waals surface area contributed by atoms with Gasteiger partial charge in [0, 0.05) is 6.54 Å². The molecule has 2 aliphatic rings. The van der Waals surface area contributed by atoms with Crippen LogP contribution in [0.15, 0.2) is 48.5 Å². The van der Waals surface area contributed by atoms with Gasteiger partial charge in [0.1, 0.15) is 6.04 Å². The van der Waals surface area contributed by atoms with Crippen molar-refractivity contribution in [2.75, 3.05) is 6.79 Å². The third-order valence-corrected chi connectivity index (χ3v) is 4.18. The summed E-state index contributed by atoms with van der Waals surface area (Å²) in [4.78, 5) is 13.9. The molecule has 0 spiro atoms. The topological polar surface area (TPSA) is 64.8 Å². The zero-order valence-electron chi connectivity index (χ0n) is 11.9. The van der Waals surface area contributed by atoms with Gasteiger partial charge in [0.05, 0.1) is 6.04 Å². The molecule has 1 saturated heterocycles. The first-order valence-corrected chi connectivity index (χ1v) is 7.23. The molecule has 4 rings (SSSR count). The van der Waals surface area contributed by atoms with Gasteiger partial charge < -0.3 is 20.1 Å². The maximum atomic E-state index is 12.1. The number of hydrogen-bond acceptors (Lipinski definition) is 4. The Morgan fingerprint density at radius 2 is 1.86 bits per heavy atom. The zero-order valence-corrected chi connectivity index (χ0v) is 11.9. The van der Waals surface area contributed by atoms with Gasteiger partial charge in [-0.15, -0.1) is 0 Å². The SMILES string of the molecule is N[C@@H]1C(=O)N(Cc2ccccc2)[C@@H]1c1ccc2c(c1)OCO2. The van der Waals surface area contributed by atoms with E-state index >= 15 is 0 Å². The summed E-state index contributed by atoms with van der Waals surface area (Å²) in [7, 11) is 0. The van der Waals surface area contributed by atoms with E-state index in [0.29, 0.717) is 12.3 Å². The molecule has 2 N–H and O–H groups in total. The highest BCUT2D eigenvalue weighted by Gasteiger charge is 2.45. The number of carbonyl (C=O) groups is 1. The molecule has 2 aromatic rings. The molecule has 1 amide bonds. The smallest absolute Gasteiger partial charge is 0.242 e. The van der Waals surface area contributed by atoms with Crippen molar-refractivity contribution in [3.05, 3.63) is 59.7 Å². The van der Waals surface area contributed by atoms with Crippen molar-refractivity contribution in [3.63, 3.8) is 0 Å². The van der Waals surface area contributed by atoms with Crippen molar-refractivity contribution < 1.29 is 14.3 Å². The molecule has 0 bridgehead atoms. The van der Waals surface area contributed by atoms with Gasteiger partial charge >= 0.3 is 0 Å². The molecule has 112 valence electrons. The molecule has 2 heterocycles. The van der Waals surface area contributed by atoms with E-state index in [0.717, 1.165) is 16.9 Å². The van der Waals surface area contributed by atoms with E-state index < -0.39 is 6.04 Å². The Bertz CT molecular complexity index is 717. The number of fused-ring (bicyclic) bond motifs is 1. The van der Waals surface area contributed by atoms with Gasteiger partial charge in [-0.2, -0.15) is 0 Å². The van der Waals surface area contributed by atoms with Crippen molar-refractivity contribution in [1.29, 1.82) is 0 Å². The van der Waals surface area contributed by atoms with Gasteiger partial charge in [-0.1, -0.05) is 36.4 Å². The summed E-state index contributed by atoms with van der Waals surface area (Å²) in [6.07, 6.45) is 0. The molecule has 0 radical (unpaired) electrons. The Hall–Kier alpha value is -2.53. The Morgan fingerprint density at radius 3 is 2.68 bits per heavy atom. The molecule has 1 fully saturated rings. The van der Waals surface area contributed by atoms with Crippen LogP contribution in [0.2, 0.25) is 0 Å². The van der Waals surface area contributed by atoms with Crippen molar-refractivity contribution in [2.45, 2.75) is 18.6 Å². The molecule has 0 unspecified atom stereocenters. The maximum Gasteiger partial charge on any atom is 0.242 e. The number of nitrogens with zero attached hydrogens (tertiary/aromatic N) is 1. The monoisotopic (exact) mass is 296 g/mol. The lowest BCUT2D eigenvalue weighted by atomic mass is 9.88. The summed E-state index contributed by atoms with van der Waals surface area (Å²) in [6.45, 7) is 0.800. The van der Waals surface area contributed by atoms with Crippen LogP contribution in [0.4, 0.5) is 0 Å². The molecule has 2 aromatic carbocycles. The summed E-state index contributed by atoms with van der Waals surface area (Å²) < 4.78 is 10.7. The molecule has 2 aliphatic heterocycles. The highest BCUT2D eigenvalue weighted by atomic mass is 16.7. The van der Waals surface area contributed by atoms with Gasteiger partial charge in [-0.3, -0.25) is 4.79 Å². The van der Waals surface area contributed by atoms with Gasteiger partial charge in [-0.25, -0.2) is 0 Å². The van der Waals surface area contributed by atoms with Gasteiger partial charge in [0.2, 0.25) is 12.7 Å². The highest BCUT2D eigenvalue weighted by Crippen LogP contribution is 2.40. The van der Waals surface area contributed by atoms with Crippen LogP contribution in [0.1, 0.15) is 17.2 Å². The van der Waals surface area contributed by atoms with E-state index in [1.165, 1.54) is 0 Å². The molecular formula is C17H16N2O3. The van der Waals surface area contributed by atoms with E-state index in [1.54, 1.807) is 4.90 Å².